The smallest absolute Gasteiger partial charge is 0.252 e. The van der Waals surface area contributed by atoms with Gasteiger partial charge in [-0.25, -0.2) is 4.39 Å². The van der Waals surface area contributed by atoms with Crippen LogP contribution < -0.4 is 5.32 Å². The van der Waals surface area contributed by atoms with Crippen LogP contribution in [0.3, 0.4) is 0 Å². The lowest BCUT2D eigenvalue weighted by Gasteiger charge is -2.35. The van der Waals surface area contributed by atoms with E-state index < -0.39 is 11.7 Å². The van der Waals surface area contributed by atoms with Gasteiger partial charge < -0.3 is 15.1 Å². The number of piperazine rings is 1. The standard InChI is InChI=1S/C22H30BrFN4O3/c23-19-6-5-17(24)15-18(19)22(31)25-8-7-20(29)28-13-11-26(12-14-28)16-21(30)27-9-3-1-2-4-10-27/h5-6,15H,1-4,7-14,16H2,(H,25,31). The molecule has 0 aromatic heterocycles. The second-order valence-corrected chi connectivity index (χ2v) is 8.94. The maximum absolute atomic E-state index is 13.3. The van der Waals surface area contributed by atoms with Crippen molar-refractivity contribution < 1.29 is 18.8 Å². The number of benzene rings is 1. The third-order valence-electron chi connectivity index (χ3n) is 5.84. The van der Waals surface area contributed by atoms with Crippen molar-refractivity contribution in [1.29, 1.82) is 0 Å². The molecule has 2 saturated heterocycles. The number of amides is 3. The summed E-state index contributed by atoms with van der Waals surface area (Å²) >= 11 is 3.23. The molecule has 170 valence electrons. The Labute approximate surface area is 191 Å². The molecule has 1 N–H and O–H groups in total. The van der Waals surface area contributed by atoms with Crippen molar-refractivity contribution in [3.05, 3.63) is 34.1 Å². The van der Waals surface area contributed by atoms with E-state index in [0.29, 0.717) is 37.2 Å². The lowest BCUT2D eigenvalue weighted by Crippen LogP contribution is -2.52. The summed E-state index contributed by atoms with van der Waals surface area (Å²) in [4.78, 5) is 43.1. The predicted octanol–water partition coefficient (Wildman–Crippen LogP) is 2.25. The molecular weight excluding hydrogens is 467 g/mol. The molecular formula is C22H30BrFN4O3. The second kappa shape index (κ2) is 11.6. The Hall–Kier alpha value is -2.00. The first-order valence-corrected chi connectivity index (χ1v) is 11.7. The van der Waals surface area contributed by atoms with Gasteiger partial charge >= 0.3 is 0 Å². The zero-order chi connectivity index (χ0) is 22.2. The Morgan fingerprint density at radius 1 is 0.903 bits per heavy atom. The number of rotatable bonds is 6. The van der Waals surface area contributed by atoms with Gasteiger partial charge in [0.15, 0.2) is 0 Å². The normalized spacial score (nSPS) is 17.9. The Morgan fingerprint density at radius 2 is 1.55 bits per heavy atom. The van der Waals surface area contributed by atoms with Gasteiger partial charge in [-0.3, -0.25) is 19.3 Å². The zero-order valence-electron chi connectivity index (χ0n) is 17.7. The lowest BCUT2D eigenvalue weighted by molar-refractivity contribution is -0.135. The van der Waals surface area contributed by atoms with E-state index >= 15 is 0 Å². The molecule has 3 rings (SSSR count). The van der Waals surface area contributed by atoms with E-state index in [2.05, 4.69) is 26.1 Å². The average Bonchev–Trinajstić information content (AvgIpc) is 3.05. The average molecular weight is 497 g/mol. The van der Waals surface area contributed by atoms with Crippen molar-refractivity contribution in [2.45, 2.75) is 32.1 Å². The van der Waals surface area contributed by atoms with E-state index in [-0.39, 0.29) is 30.3 Å². The molecule has 0 radical (unpaired) electrons. The molecule has 31 heavy (non-hydrogen) atoms. The Balaban J connectivity index is 1.36. The quantitative estimate of drug-likeness (QED) is 0.655. The van der Waals surface area contributed by atoms with Crippen LogP contribution >= 0.6 is 15.9 Å². The van der Waals surface area contributed by atoms with Crippen LogP contribution in [-0.2, 0) is 9.59 Å². The van der Waals surface area contributed by atoms with Crippen molar-refractivity contribution in [1.82, 2.24) is 20.0 Å². The number of likely N-dealkylation sites (tertiary alicyclic amines) is 1. The van der Waals surface area contributed by atoms with Gasteiger partial charge in [-0.05, 0) is 47.0 Å². The van der Waals surface area contributed by atoms with Crippen molar-refractivity contribution in [3.63, 3.8) is 0 Å². The molecule has 2 aliphatic heterocycles. The number of hydrogen-bond donors (Lipinski definition) is 1. The highest BCUT2D eigenvalue weighted by molar-refractivity contribution is 9.10. The topological polar surface area (TPSA) is 73.0 Å². The van der Waals surface area contributed by atoms with Crippen LogP contribution in [0.1, 0.15) is 42.5 Å². The van der Waals surface area contributed by atoms with E-state index in [9.17, 15) is 18.8 Å². The summed E-state index contributed by atoms with van der Waals surface area (Å²) in [6, 6.07) is 3.91. The number of carbonyl (C=O) groups excluding carboxylic acids is 3. The minimum atomic E-state index is -0.489. The number of halogens is 2. The van der Waals surface area contributed by atoms with Crippen molar-refractivity contribution >= 4 is 33.7 Å². The molecule has 9 heteroatoms. The van der Waals surface area contributed by atoms with Gasteiger partial charge in [0.25, 0.3) is 5.91 Å². The van der Waals surface area contributed by atoms with Gasteiger partial charge in [0.2, 0.25) is 11.8 Å². The number of hydrogen-bond acceptors (Lipinski definition) is 4. The van der Waals surface area contributed by atoms with Crippen LogP contribution in [-0.4, -0.2) is 84.8 Å². The Morgan fingerprint density at radius 3 is 2.23 bits per heavy atom. The summed E-state index contributed by atoms with van der Waals surface area (Å²) in [7, 11) is 0. The molecule has 2 heterocycles. The van der Waals surface area contributed by atoms with Crippen LogP contribution in [0.5, 0.6) is 0 Å². The van der Waals surface area contributed by atoms with E-state index in [0.717, 1.165) is 32.0 Å². The van der Waals surface area contributed by atoms with Crippen LogP contribution in [0.15, 0.2) is 22.7 Å². The molecule has 0 aliphatic carbocycles. The molecule has 0 unspecified atom stereocenters. The molecule has 0 saturated carbocycles. The molecule has 0 spiro atoms. The fourth-order valence-electron chi connectivity index (χ4n) is 3.97. The molecule has 1 aromatic rings. The maximum Gasteiger partial charge on any atom is 0.252 e. The molecule has 0 bridgehead atoms. The van der Waals surface area contributed by atoms with E-state index in [1.165, 1.54) is 25.0 Å². The third-order valence-corrected chi connectivity index (χ3v) is 6.53. The summed E-state index contributed by atoms with van der Waals surface area (Å²) in [5.74, 6) is -0.752. The van der Waals surface area contributed by atoms with Crippen LogP contribution in [0, 0.1) is 5.82 Å². The van der Waals surface area contributed by atoms with Crippen LogP contribution in [0.4, 0.5) is 4.39 Å². The molecule has 0 atom stereocenters. The van der Waals surface area contributed by atoms with Crippen LogP contribution in [0.25, 0.3) is 0 Å². The molecule has 2 fully saturated rings. The van der Waals surface area contributed by atoms with Crippen molar-refractivity contribution in [2.24, 2.45) is 0 Å². The lowest BCUT2D eigenvalue weighted by atomic mass is 10.2. The summed E-state index contributed by atoms with van der Waals surface area (Å²) < 4.78 is 13.8. The highest BCUT2D eigenvalue weighted by Crippen LogP contribution is 2.17. The Bertz CT molecular complexity index is 791. The maximum atomic E-state index is 13.3. The highest BCUT2D eigenvalue weighted by atomic mass is 79.9. The fraction of sp³-hybridized carbons (Fsp3) is 0.591. The fourth-order valence-corrected chi connectivity index (χ4v) is 4.40. The number of carbonyl (C=O) groups is 3. The Kier molecular flexibility index (Phi) is 8.83. The first kappa shape index (κ1) is 23.7. The van der Waals surface area contributed by atoms with Gasteiger partial charge in [-0.15, -0.1) is 0 Å². The summed E-state index contributed by atoms with van der Waals surface area (Å²) in [6.45, 7) is 4.83. The monoisotopic (exact) mass is 496 g/mol. The van der Waals surface area contributed by atoms with Gasteiger partial charge in [-0.2, -0.15) is 0 Å². The van der Waals surface area contributed by atoms with Crippen molar-refractivity contribution in [2.75, 3.05) is 52.4 Å². The van der Waals surface area contributed by atoms with E-state index in [4.69, 9.17) is 0 Å². The summed E-state index contributed by atoms with van der Waals surface area (Å²) in [5, 5.41) is 2.67. The molecule has 7 nitrogen and oxygen atoms in total. The predicted molar refractivity (Wildman–Crippen MR) is 119 cm³/mol. The first-order valence-electron chi connectivity index (χ1n) is 10.9. The van der Waals surface area contributed by atoms with Gasteiger partial charge in [0.05, 0.1) is 12.1 Å². The van der Waals surface area contributed by atoms with Gasteiger partial charge in [0, 0.05) is 56.7 Å². The van der Waals surface area contributed by atoms with Crippen molar-refractivity contribution in [3.8, 4) is 0 Å². The first-order chi connectivity index (χ1) is 14.9. The summed E-state index contributed by atoms with van der Waals surface area (Å²) in [5.41, 5.74) is 0.204. The van der Waals surface area contributed by atoms with E-state index in [1.807, 2.05) is 4.90 Å². The largest absolute Gasteiger partial charge is 0.351 e. The summed E-state index contributed by atoms with van der Waals surface area (Å²) in [6.07, 6.45) is 4.75. The van der Waals surface area contributed by atoms with Gasteiger partial charge in [0.1, 0.15) is 5.82 Å². The highest BCUT2D eigenvalue weighted by Gasteiger charge is 2.24. The number of nitrogens with zero attached hydrogens (tertiary/aromatic N) is 3. The van der Waals surface area contributed by atoms with Gasteiger partial charge in [-0.1, -0.05) is 12.8 Å². The molecule has 1 aromatic carbocycles. The number of nitrogens with one attached hydrogen (secondary N) is 1. The molecule has 2 aliphatic rings. The minimum absolute atomic E-state index is 0.0305. The zero-order valence-corrected chi connectivity index (χ0v) is 19.3. The van der Waals surface area contributed by atoms with E-state index in [1.54, 1.807) is 4.90 Å². The third kappa shape index (κ3) is 7.00. The van der Waals surface area contributed by atoms with Crippen LogP contribution in [0.2, 0.25) is 0 Å². The second-order valence-electron chi connectivity index (χ2n) is 8.08. The molecule has 3 amide bonds. The minimum Gasteiger partial charge on any atom is -0.351 e. The SMILES string of the molecule is O=C(NCCC(=O)N1CCN(CC(=O)N2CCCCCC2)CC1)c1cc(F)ccc1Br.